The van der Waals surface area contributed by atoms with E-state index in [4.69, 9.17) is 0 Å². The number of hydrogen-bond acceptors (Lipinski definition) is 3. The highest BCUT2D eigenvalue weighted by atomic mass is 16.3. The molecule has 4 heteroatoms. The fourth-order valence-electron chi connectivity index (χ4n) is 2.13. The number of carbonyl (C=O) groups is 1. The number of hydrogen-bond donors (Lipinski definition) is 2. The molecular formula is C13H26N2O2. The maximum Gasteiger partial charge on any atom is 0.234 e. The molecule has 1 amide bonds. The van der Waals surface area contributed by atoms with Crippen molar-refractivity contribution in [1.82, 2.24) is 10.2 Å². The summed E-state index contributed by atoms with van der Waals surface area (Å²) < 4.78 is 0. The molecular weight excluding hydrogens is 216 g/mol. The summed E-state index contributed by atoms with van der Waals surface area (Å²) in [5.41, 5.74) is 0. The zero-order valence-electron chi connectivity index (χ0n) is 11.3. The molecule has 1 heterocycles. The van der Waals surface area contributed by atoms with Crippen LogP contribution < -0.4 is 5.32 Å². The van der Waals surface area contributed by atoms with Gasteiger partial charge in [-0.05, 0) is 32.2 Å². The monoisotopic (exact) mass is 242 g/mol. The second kappa shape index (κ2) is 6.97. The SMILES string of the molecule is CC(C)C(C)NC(=O)CN1CCCCC1CO. The highest BCUT2D eigenvalue weighted by Gasteiger charge is 2.24. The average molecular weight is 242 g/mol. The second-order valence-electron chi connectivity index (χ2n) is 5.40. The summed E-state index contributed by atoms with van der Waals surface area (Å²) >= 11 is 0. The van der Waals surface area contributed by atoms with E-state index in [-0.39, 0.29) is 24.6 Å². The third-order valence-electron chi connectivity index (χ3n) is 3.70. The molecule has 2 unspecified atom stereocenters. The summed E-state index contributed by atoms with van der Waals surface area (Å²) in [5, 5.41) is 12.3. The van der Waals surface area contributed by atoms with Crippen LogP contribution in [0.25, 0.3) is 0 Å². The average Bonchev–Trinajstić information content (AvgIpc) is 2.29. The number of nitrogens with zero attached hydrogens (tertiary/aromatic N) is 1. The highest BCUT2D eigenvalue weighted by molar-refractivity contribution is 5.78. The first-order chi connectivity index (χ1) is 8.04. The summed E-state index contributed by atoms with van der Waals surface area (Å²) in [7, 11) is 0. The molecule has 0 aromatic heterocycles. The zero-order valence-corrected chi connectivity index (χ0v) is 11.3. The highest BCUT2D eigenvalue weighted by Crippen LogP contribution is 2.15. The van der Waals surface area contributed by atoms with Crippen molar-refractivity contribution in [2.75, 3.05) is 19.7 Å². The quantitative estimate of drug-likeness (QED) is 0.756. The Morgan fingerprint density at radius 1 is 1.41 bits per heavy atom. The number of amides is 1. The van der Waals surface area contributed by atoms with Gasteiger partial charge in [0.05, 0.1) is 13.2 Å². The van der Waals surface area contributed by atoms with E-state index >= 15 is 0 Å². The van der Waals surface area contributed by atoms with E-state index in [1.54, 1.807) is 0 Å². The van der Waals surface area contributed by atoms with Gasteiger partial charge in [-0.25, -0.2) is 0 Å². The molecule has 2 N–H and O–H groups in total. The molecule has 0 aromatic rings. The van der Waals surface area contributed by atoms with Crippen molar-refractivity contribution < 1.29 is 9.90 Å². The van der Waals surface area contributed by atoms with Crippen LogP contribution in [0, 0.1) is 5.92 Å². The number of likely N-dealkylation sites (tertiary alicyclic amines) is 1. The first-order valence-corrected chi connectivity index (χ1v) is 6.69. The molecule has 100 valence electrons. The normalized spacial score (nSPS) is 23.7. The number of aliphatic hydroxyl groups is 1. The first kappa shape index (κ1) is 14.5. The van der Waals surface area contributed by atoms with Crippen molar-refractivity contribution in [2.45, 2.75) is 52.1 Å². The standard InChI is InChI=1S/C13H26N2O2/c1-10(2)11(3)14-13(17)8-15-7-5-4-6-12(15)9-16/h10-12,16H,4-9H2,1-3H3,(H,14,17). The van der Waals surface area contributed by atoms with E-state index in [0.717, 1.165) is 25.8 Å². The van der Waals surface area contributed by atoms with Crippen LogP contribution in [0.3, 0.4) is 0 Å². The number of carbonyl (C=O) groups excluding carboxylic acids is 1. The lowest BCUT2D eigenvalue weighted by Gasteiger charge is -2.34. The van der Waals surface area contributed by atoms with Crippen LogP contribution in [0.5, 0.6) is 0 Å². The van der Waals surface area contributed by atoms with Gasteiger partial charge in [-0.1, -0.05) is 20.3 Å². The van der Waals surface area contributed by atoms with E-state index in [1.807, 2.05) is 6.92 Å². The molecule has 0 bridgehead atoms. The molecule has 4 nitrogen and oxygen atoms in total. The molecule has 2 atom stereocenters. The van der Waals surface area contributed by atoms with Gasteiger partial charge in [0, 0.05) is 12.1 Å². The molecule has 0 spiro atoms. The van der Waals surface area contributed by atoms with Crippen LogP contribution in [0.15, 0.2) is 0 Å². The van der Waals surface area contributed by atoms with Gasteiger partial charge in [0.2, 0.25) is 5.91 Å². The van der Waals surface area contributed by atoms with Crippen LogP contribution in [0.4, 0.5) is 0 Å². The van der Waals surface area contributed by atoms with E-state index in [0.29, 0.717) is 12.5 Å². The lowest BCUT2D eigenvalue weighted by Crippen LogP contribution is -2.49. The minimum Gasteiger partial charge on any atom is -0.395 e. The minimum atomic E-state index is 0.0755. The summed E-state index contributed by atoms with van der Waals surface area (Å²) in [5.74, 6) is 0.528. The molecule has 0 aromatic carbocycles. The fourth-order valence-corrected chi connectivity index (χ4v) is 2.13. The smallest absolute Gasteiger partial charge is 0.234 e. The number of piperidine rings is 1. The van der Waals surface area contributed by atoms with Gasteiger partial charge < -0.3 is 10.4 Å². The van der Waals surface area contributed by atoms with Crippen molar-refractivity contribution in [3.8, 4) is 0 Å². The summed E-state index contributed by atoms with van der Waals surface area (Å²) in [6, 6.07) is 0.378. The van der Waals surface area contributed by atoms with E-state index in [2.05, 4.69) is 24.1 Å². The van der Waals surface area contributed by atoms with Gasteiger partial charge in [-0.2, -0.15) is 0 Å². The Bertz CT molecular complexity index is 244. The van der Waals surface area contributed by atoms with Crippen molar-refractivity contribution >= 4 is 5.91 Å². The van der Waals surface area contributed by atoms with E-state index in [1.165, 1.54) is 0 Å². The molecule has 1 fully saturated rings. The van der Waals surface area contributed by atoms with Gasteiger partial charge in [-0.3, -0.25) is 9.69 Å². The van der Waals surface area contributed by atoms with Gasteiger partial charge in [0.15, 0.2) is 0 Å². The third-order valence-corrected chi connectivity index (χ3v) is 3.70. The maximum absolute atomic E-state index is 11.9. The predicted molar refractivity (Wildman–Crippen MR) is 68.7 cm³/mol. The van der Waals surface area contributed by atoms with E-state index < -0.39 is 0 Å². The number of nitrogens with one attached hydrogen (secondary N) is 1. The summed E-state index contributed by atoms with van der Waals surface area (Å²) in [4.78, 5) is 14.0. The van der Waals surface area contributed by atoms with Crippen molar-refractivity contribution in [3.05, 3.63) is 0 Å². The largest absolute Gasteiger partial charge is 0.395 e. The van der Waals surface area contributed by atoms with Gasteiger partial charge in [0.25, 0.3) is 0 Å². The Balaban J connectivity index is 2.38. The Labute approximate surface area is 104 Å². The molecule has 0 radical (unpaired) electrons. The molecule has 0 aliphatic carbocycles. The third kappa shape index (κ3) is 4.64. The molecule has 1 aliphatic rings. The fraction of sp³-hybridized carbons (Fsp3) is 0.923. The maximum atomic E-state index is 11.9. The second-order valence-corrected chi connectivity index (χ2v) is 5.40. The Morgan fingerprint density at radius 3 is 2.71 bits per heavy atom. The number of rotatable bonds is 5. The summed E-state index contributed by atoms with van der Waals surface area (Å²) in [6.45, 7) is 7.73. The Hall–Kier alpha value is -0.610. The molecule has 0 saturated carbocycles. The predicted octanol–water partition coefficient (Wildman–Crippen LogP) is 0.994. The van der Waals surface area contributed by atoms with Gasteiger partial charge in [0.1, 0.15) is 0 Å². The minimum absolute atomic E-state index is 0.0755. The topological polar surface area (TPSA) is 52.6 Å². The van der Waals surface area contributed by atoms with E-state index in [9.17, 15) is 9.90 Å². The lowest BCUT2D eigenvalue weighted by molar-refractivity contribution is -0.124. The van der Waals surface area contributed by atoms with Crippen LogP contribution in [0.2, 0.25) is 0 Å². The van der Waals surface area contributed by atoms with Crippen molar-refractivity contribution in [3.63, 3.8) is 0 Å². The lowest BCUT2D eigenvalue weighted by atomic mass is 10.0. The van der Waals surface area contributed by atoms with Gasteiger partial charge in [-0.15, -0.1) is 0 Å². The van der Waals surface area contributed by atoms with Crippen LogP contribution in [0.1, 0.15) is 40.0 Å². The number of aliphatic hydroxyl groups excluding tert-OH is 1. The van der Waals surface area contributed by atoms with Crippen LogP contribution in [-0.2, 0) is 4.79 Å². The summed E-state index contributed by atoms with van der Waals surface area (Å²) in [6.07, 6.45) is 3.29. The first-order valence-electron chi connectivity index (χ1n) is 6.69. The Morgan fingerprint density at radius 2 is 2.12 bits per heavy atom. The molecule has 1 rings (SSSR count). The van der Waals surface area contributed by atoms with Crippen molar-refractivity contribution in [1.29, 1.82) is 0 Å². The molecule has 1 saturated heterocycles. The van der Waals surface area contributed by atoms with Crippen LogP contribution >= 0.6 is 0 Å². The zero-order chi connectivity index (χ0) is 12.8. The van der Waals surface area contributed by atoms with Gasteiger partial charge >= 0.3 is 0 Å². The molecule has 17 heavy (non-hydrogen) atoms. The molecule has 1 aliphatic heterocycles. The van der Waals surface area contributed by atoms with Crippen molar-refractivity contribution in [2.24, 2.45) is 5.92 Å². The Kier molecular flexibility index (Phi) is 5.92. The van der Waals surface area contributed by atoms with Crippen LogP contribution in [-0.4, -0.2) is 47.7 Å².